The summed E-state index contributed by atoms with van der Waals surface area (Å²) < 4.78 is 5.33. The second kappa shape index (κ2) is 6.40. The van der Waals surface area contributed by atoms with E-state index >= 15 is 0 Å². The smallest absolute Gasteiger partial charge is 0.242 e. The third-order valence-corrected chi connectivity index (χ3v) is 2.27. The van der Waals surface area contributed by atoms with Crippen LogP contribution in [0, 0.1) is 0 Å². The van der Waals surface area contributed by atoms with Crippen LogP contribution in [0.2, 0.25) is 0 Å². The van der Waals surface area contributed by atoms with Gasteiger partial charge in [-0.3, -0.25) is 9.59 Å². The van der Waals surface area contributed by atoms with Gasteiger partial charge in [0.15, 0.2) is 0 Å². The first-order valence-electron chi connectivity index (χ1n) is 5.36. The zero-order valence-corrected chi connectivity index (χ0v) is 9.12. The lowest BCUT2D eigenvalue weighted by molar-refractivity contribution is -0.141. The lowest BCUT2D eigenvalue weighted by atomic mass is 10.3. The molecule has 2 amide bonds. The quantitative estimate of drug-likeness (QED) is 0.621. The number of nitrogens with zero attached hydrogens (tertiary/aromatic N) is 1. The maximum absolute atomic E-state index is 11.3. The number of piperazine rings is 1. The molecule has 0 aromatic rings. The van der Waals surface area contributed by atoms with Gasteiger partial charge in [-0.25, -0.2) is 0 Å². The van der Waals surface area contributed by atoms with Gasteiger partial charge in [-0.2, -0.15) is 0 Å². The Hall–Kier alpha value is -1.10. The van der Waals surface area contributed by atoms with E-state index in [1.54, 1.807) is 0 Å². The topological polar surface area (TPSA) is 58.6 Å². The fourth-order valence-electron chi connectivity index (χ4n) is 1.33. The zero-order valence-electron chi connectivity index (χ0n) is 9.12. The van der Waals surface area contributed by atoms with Gasteiger partial charge in [0.2, 0.25) is 11.8 Å². The number of unbranched alkanes of at least 4 members (excludes halogenated alkanes) is 1. The van der Waals surface area contributed by atoms with E-state index in [1.165, 1.54) is 4.90 Å². The van der Waals surface area contributed by atoms with E-state index in [0.717, 1.165) is 19.4 Å². The highest BCUT2D eigenvalue weighted by molar-refractivity contribution is 5.92. The number of carbonyl (C=O) groups is 2. The molecule has 1 N–H and O–H groups in total. The largest absolute Gasteiger partial charge is 0.380 e. The summed E-state index contributed by atoms with van der Waals surface area (Å²) in [4.78, 5) is 23.9. The number of ether oxygens (including phenoxy) is 1. The van der Waals surface area contributed by atoms with Crippen LogP contribution in [-0.4, -0.2) is 49.6 Å². The lowest BCUT2D eigenvalue weighted by Crippen LogP contribution is -2.52. The summed E-state index contributed by atoms with van der Waals surface area (Å²) in [6.45, 7) is 4.13. The molecule has 15 heavy (non-hydrogen) atoms. The maximum atomic E-state index is 11.3. The standard InChI is InChI=1S/C10H18N2O3/c1-2-3-5-15-6-4-12-8-9(13)11-7-10(12)14/h2-8H2,1H3,(H,11,13). The van der Waals surface area contributed by atoms with Crippen molar-refractivity contribution in [3.63, 3.8) is 0 Å². The molecule has 5 nitrogen and oxygen atoms in total. The number of hydrogen-bond donors (Lipinski definition) is 1. The monoisotopic (exact) mass is 214 g/mol. The second-order valence-corrected chi connectivity index (χ2v) is 3.56. The van der Waals surface area contributed by atoms with E-state index in [9.17, 15) is 9.59 Å². The molecule has 0 aromatic carbocycles. The van der Waals surface area contributed by atoms with E-state index in [0.29, 0.717) is 13.2 Å². The van der Waals surface area contributed by atoms with Gasteiger partial charge in [0, 0.05) is 13.2 Å². The van der Waals surface area contributed by atoms with Crippen LogP contribution in [0.15, 0.2) is 0 Å². The van der Waals surface area contributed by atoms with E-state index in [2.05, 4.69) is 12.2 Å². The van der Waals surface area contributed by atoms with E-state index in [1.807, 2.05) is 0 Å². The normalized spacial score (nSPS) is 16.7. The summed E-state index contributed by atoms with van der Waals surface area (Å²) >= 11 is 0. The van der Waals surface area contributed by atoms with Gasteiger partial charge in [-0.05, 0) is 6.42 Å². The van der Waals surface area contributed by atoms with Gasteiger partial charge in [0.25, 0.3) is 0 Å². The highest BCUT2D eigenvalue weighted by Gasteiger charge is 2.22. The minimum Gasteiger partial charge on any atom is -0.380 e. The van der Waals surface area contributed by atoms with Crippen molar-refractivity contribution in [1.29, 1.82) is 0 Å². The molecule has 1 aliphatic heterocycles. The van der Waals surface area contributed by atoms with Gasteiger partial charge >= 0.3 is 0 Å². The predicted molar refractivity (Wildman–Crippen MR) is 55.3 cm³/mol. The average molecular weight is 214 g/mol. The minimum atomic E-state index is -0.0943. The number of carbonyl (C=O) groups excluding carboxylic acids is 2. The van der Waals surface area contributed by atoms with Crippen molar-refractivity contribution in [1.82, 2.24) is 10.2 Å². The Bertz CT molecular complexity index is 231. The van der Waals surface area contributed by atoms with Crippen LogP contribution in [0.5, 0.6) is 0 Å². The van der Waals surface area contributed by atoms with E-state index in [-0.39, 0.29) is 24.9 Å². The summed E-state index contributed by atoms with van der Waals surface area (Å²) in [6.07, 6.45) is 2.14. The summed E-state index contributed by atoms with van der Waals surface area (Å²) in [6, 6.07) is 0. The molecule has 0 bridgehead atoms. The van der Waals surface area contributed by atoms with Crippen LogP contribution in [0.1, 0.15) is 19.8 Å². The summed E-state index contributed by atoms with van der Waals surface area (Å²) in [5.74, 6) is -0.128. The molecule has 0 aromatic heterocycles. The van der Waals surface area contributed by atoms with Crippen LogP contribution in [0.4, 0.5) is 0 Å². The molecule has 0 spiro atoms. The SMILES string of the molecule is CCCCOCCN1CC(=O)NCC1=O. The van der Waals surface area contributed by atoms with Crippen molar-refractivity contribution < 1.29 is 14.3 Å². The number of amides is 2. The van der Waals surface area contributed by atoms with E-state index < -0.39 is 0 Å². The predicted octanol–water partition coefficient (Wildman–Crippen LogP) is -0.238. The molecular weight excluding hydrogens is 196 g/mol. The maximum Gasteiger partial charge on any atom is 0.242 e. The number of rotatable bonds is 6. The lowest BCUT2D eigenvalue weighted by Gasteiger charge is -2.26. The number of hydrogen-bond acceptors (Lipinski definition) is 3. The molecule has 1 heterocycles. The van der Waals surface area contributed by atoms with Crippen molar-refractivity contribution in [2.24, 2.45) is 0 Å². The van der Waals surface area contributed by atoms with Crippen molar-refractivity contribution in [2.45, 2.75) is 19.8 Å². The van der Waals surface area contributed by atoms with Gasteiger partial charge in [-0.1, -0.05) is 13.3 Å². The van der Waals surface area contributed by atoms with E-state index in [4.69, 9.17) is 4.74 Å². The first-order chi connectivity index (χ1) is 7.24. The Labute approximate surface area is 89.8 Å². The minimum absolute atomic E-state index is 0.0336. The molecular formula is C10H18N2O3. The van der Waals surface area contributed by atoms with Crippen LogP contribution in [0.25, 0.3) is 0 Å². The van der Waals surface area contributed by atoms with Gasteiger partial charge in [0.05, 0.1) is 19.7 Å². The molecule has 1 rings (SSSR count). The summed E-state index contributed by atoms with van der Waals surface area (Å²) in [5, 5.41) is 2.50. The summed E-state index contributed by atoms with van der Waals surface area (Å²) in [5.41, 5.74) is 0. The second-order valence-electron chi connectivity index (χ2n) is 3.56. The molecule has 1 aliphatic rings. The molecule has 0 saturated carbocycles. The fraction of sp³-hybridized carbons (Fsp3) is 0.800. The van der Waals surface area contributed by atoms with Crippen LogP contribution < -0.4 is 5.32 Å². The van der Waals surface area contributed by atoms with Gasteiger partial charge < -0.3 is 15.0 Å². The molecule has 0 radical (unpaired) electrons. The molecule has 0 aliphatic carbocycles. The van der Waals surface area contributed by atoms with Crippen LogP contribution in [-0.2, 0) is 14.3 Å². The van der Waals surface area contributed by atoms with Crippen LogP contribution >= 0.6 is 0 Å². The third-order valence-electron chi connectivity index (χ3n) is 2.27. The average Bonchev–Trinajstić information content (AvgIpc) is 2.23. The Morgan fingerprint density at radius 3 is 2.93 bits per heavy atom. The molecule has 1 saturated heterocycles. The highest BCUT2D eigenvalue weighted by atomic mass is 16.5. The fourth-order valence-corrected chi connectivity index (χ4v) is 1.33. The van der Waals surface area contributed by atoms with Crippen LogP contribution in [0.3, 0.4) is 0 Å². The van der Waals surface area contributed by atoms with Crippen molar-refractivity contribution in [3.05, 3.63) is 0 Å². The molecule has 86 valence electrons. The van der Waals surface area contributed by atoms with Crippen molar-refractivity contribution in [2.75, 3.05) is 32.8 Å². The van der Waals surface area contributed by atoms with Gasteiger partial charge in [0.1, 0.15) is 0 Å². The Morgan fingerprint density at radius 2 is 2.20 bits per heavy atom. The molecule has 5 heteroatoms. The zero-order chi connectivity index (χ0) is 11.1. The Kier molecular flexibility index (Phi) is 5.10. The summed E-state index contributed by atoms with van der Waals surface area (Å²) in [7, 11) is 0. The first kappa shape index (κ1) is 12.0. The third kappa shape index (κ3) is 4.29. The van der Waals surface area contributed by atoms with Crippen molar-refractivity contribution in [3.8, 4) is 0 Å². The molecule has 1 fully saturated rings. The Morgan fingerprint density at radius 1 is 1.40 bits per heavy atom. The Balaban J connectivity index is 2.13. The highest BCUT2D eigenvalue weighted by Crippen LogP contribution is 1.96. The number of nitrogens with one attached hydrogen (secondary N) is 1. The van der Waals surface area contributed by atoms with Crippen molar-refractivity contribution >= 4 is 11.8 Å². The molecule has 0 unspecified atom stereocenters. The molecule has 0 atom stereocenters. The van der Waals surface area contributed by atoms with Gasteiger partial charge in [-0.15, -0.1) is 0 Å². The first-order valence-corrected chi connectivity index (χ1v) is 5.36.